The molecular weight excluding hydrogens is 180 g/mol. The van der Waals surface area contributed by atoms with E-state index >= 15 is 0 Å². The number of rotatable bonds is 2. The Labute approximate surface area is 84.4 Å². The summed E-state index contributed by atoms with van der Waals surface area (Å²) in [5.41, 5.74) is 5.65. The van der Waals surface area contributed by atoms with Crippen LogP contribution in [-0.2, 0) is 9.53 Å². The van der Waals surface area contributed by atoms with E-state index in [0.29, 0.717) is 26.2 Å². The summed E-state index contributed by atoms with van der Waals surface area (Å²) < 4.78 is 5.23. The fourth-order valence-corrected chi connectivity index (χ4v) is 1.48. The Balaban J connectivity index is 2.54. The van der Waals surface area contributed by atoms with Crippen LogP contribution in [0.3, 0.4) is 0 Å². The maximum Gasteiger partial charge on any atom is 0.240 e. The Kier molecular flexibility index (Phi) is 3.93. The van der Waals surface area contributed by atoms with Gasteiger partial charge in [-0.2, -0.15) is 0 Å². The molecule has 1 rings (SSSR count). The molecule has 1 fully saturated rings. The van der Waals surface area contributed by atoms with E-state index in [1.807, 2.05) is 6.92 Å². The van der Waals surface area contributed by atoms with Crippen molar-refractivity contribution in [3.8, 4) is 12.3 Å². The van der Waals surface area contributed by atoms with Gasteiger partial charge in [0.25, 0.3) is 0 Å². The van der Waals surface area contributed by atoms with Crippen LogP contribution in [0.15, 0.2) is 0 Å². The number of carbonyl (C=O) groups excluding carboxylic acids is 1. The SMILES string of the molecule is C#CCC(N)C(=O)N1CCOCC1C. The molecule has 1 aliphatic rings. The lowest BCUT2D eigenvalue weighted by Crippen LogP contribution is -2.52. The molecule has 0 aliphatic carbocycles. The zero-order valence-corrected chi connectivity index (χ0v) is 8.40. The molecule has 4 heteroatoms. The van der Waals surface area contributed by atoms with E-state index in [4.69, 9.17) is 16.9 Å². The second kappa shape index (κ2) is 4.99. The third-order valence-electron chi connectivity index (χ3n) is 2.31. The van der Waals surface area contributed by atoms with Crippen molar-refractivity contribution in [2.75, 3.05) is 19.8 Å². The summed E-state index contributed by atoms with van der Waals surface area (Å²) in [5, 5.41) is 0. The monoisotopic (exact) mass is 196 g/mol. The number of morpholine rings is 1. The molecule has 14 heavy (non-hydrogen) atoms. The standard InChI is InChI=1S/C10H16N2O2/c1-3-4-9(11)10(13)12-5-6-14-7-8(12)2/h1,8-9H,4-7,11H2,2H3. The second-order valence-electron chi connectivity index (χ2n) is 3.47. The summed E-state index contributed by atoms with van der Waals surface area (Å²) in [6, 6.07) is -0.472. The highest BCUT2D eigenvalue weighted by Gasteiger charge is 2.27. The summed E-state index contributed by atoms with van der Waals surface area (Å²) in [4.78, 5) is 13.5. The molecule has 0 aromatic heterocycles. The highest BCUT2D eigenvalue weighted by atomic mass is 16.5. The Morgan fingerprint density at radius 2 is 2.57 bits per heavy atom. The molecule has 2 atom stereocenters. The van der Waals surface area contributed by atoms with Gasteiger partial charge in [0.1, 0.15) is 0 Å². The number of nitrogens with zero attached hydrogens (tertiary/aromatic N) is 1. The minimum Gasteiger partial charge on any atom is -0.377 e. The number of terminal acetylenes is 1. The Bertz CT molecular complexity index is 247. The van der Waals surface area contributed by atoms with Crippen LogP contribution in [0.25, 0.3) is 0 Å². The summed E-state index contributed by atoms with van der Waals surface area (Å²) >= 11 is 0. The first-order valence-corrected chi connectivity index (χ1v) is 4.74. The average molecular weight is 196 g/mol. The van der Waals surface area contributed by atoms with Gasteiger partial charge in [-0.25, -0.2) is 0 Å². The summed E-state index contributed by atoms with van der Waals surface area (Å²) in [7, 11) is 0. The number of ether oxygens (including phenoxy) is 1. The van der Waals surface area contributed by atoms with Gasteiger partial charge in [-0.3, -0.25) is 4.79 Å². The van der Waals surface area contributed by atoms with Crippen molar-refractivity contribution in [1.29, 1.82) is 0 Å². The lowest BCUT2D eigenvalue weighted by Gasteiger charge is -2.34. The van der Waals surface area contributed by atoms with E-state index in [1.54, 1.807) is 4.90 Å². The number of amides is 1. The van der Waals surface area contributed by atoms with Crippen LogP contribution >= 0.6 is 0 Å². The predicted octanol–water partition coefficient (Wildman–Crippen LogP) is -0.416. The Morgan fingerprint density at radius 3 is 3.14 bits per heavy atom. The fraction of sp³-hybridized carbons (Fsp3) is 0.700. The van der Waals surface area contributed by atoms with Crippen molar-refractivity contribution in [1.82, 2.24) is 4.90 Å². The van der Waals surface area contributed by atoms with E-state index in [2.05, 4.69) is 5.92 Å². The van der Waals surface area contributed by atoms with E-state index in [9.17, 15) is 4.79 Å². The second-order valence-corrected chi connectivity index (χ2v) is 3.47. The van der Waals surface area contributed by atoms with Crippen LogP contribution in [0.1, 0.15) is 13.3 Å². The molecule has 2 N–H and O–H groups in total. The van der Waals surface area contributed by atoms with Crippen molar-refractivity contribution in [2.45, 2.75) is 25.4 Å². The first-order chi connectivity index (χ1) is 6.66. The van der Waals surface area contributed by atoms with Gasteiger partial charge < -0.3 is 15.4 Å². The molecule has 0 spiro atoms. The molecule has 0 saturated carbocycles. The van der Waals surface area contributed by atoms with E-state index in [-0.39, 0.29) is 11.9 Å². The van der Waals surface area contributed by atoms with Crippen molar-refractivity contribution >= 4 is 5.91 Å². The van der Waals surface area contributed by atoms with Crippen LogP contribution in [0.4, 0.5) is 0 Å². The quantitative estimate of drug-likeness (QED) is 0.610. The molecule has 0 aromatic rings. The van der Waals surface area contributed by atoms with Crippen LogP contribution in [-0.4, -0.2) is 42.6 Å². The maximum absolute atomic E-state index is 11.7. The molecule has 4 nitrogen and oxygen atoms in total. The smallest absolute Gasteiger partial charge is 0.240 e. The highest BCUT2D eigenvalue weighted by Crippen LogP contribution is 2.08. The predicted molar refractivity (Wildman–Crippen MR) is 53.4 cm³/mol. The van der Waals surface area contributed by atoms with Gasteiger partial charge in [0.2, 0.25) is 5.91 Å². The van der Waals surface area contributed by atoms with Crippen molar-refractivity contribution < 1.29 is 9.53 Å². The maximum atomic E-state index is 11.7. The summed E-state index contributed by atoms with van der Waals surface area (Å²) in [5.74, 6) is 2.33. The summed E-state index contributed by atoms with van der Waals surface area (Å²) in [6.45, 7) is 3.71. The van der Waals surface area contributed by atoms with Gasteiger partial charge in [0.05, 0.1) is 25.3 Å². The number of carbonyl (C=O) groups is 1. The van der Waals surface area contributed by atoms with Gasteiger partial charge in [0, 0.05) is 13.0 Å². The highest BCUT2D eigenvalue weighted by molar-refractivity contribution is 5.82. The van der Waals surface area contributed by atoms with Crippen molar-refractivity contribution in [2.24, 2.45) is 5.73 Å². The molecule has 1 saturated heterocycles. The fourth-order valence-electron chi connectivity index (χ4n) is 1.48. The lowest BCUT2D eigenvalue weighted by molar-refractivity contribution is -0.140. The number of hydrogen-bond donors (Lipinski definition) is 1. The average Bonchev–Trinajstić information content (AvgIpc) is 2.18. The normalized spacial score (nSPS) is 24.1. The molecule has 1 heterocycles. The summed E-state index contributed by atoms with van der Waals surface area (Å²) in [6.07, 6.45) is 5.40. The third kappa shape index (κ3) is 2.47. The number of nitrogens with two attached hydrogens (primary N) is 1. The molecule has 0 radical (unpaired) electrons. The van der Waals surface area contributed by atoms with Crippen LogP contribution in [0, 0.1) is 12.3 Å². The van der Waals surface area contributed by atoms with E-state index in [1.165, 1.54) is 0 Å². The minimum atomic E-state index is -0.569. The van der Waals surface area contributed by atoms with E-state index < -0.39 is 6.04 Å². The van der Waals surface area contributed by atoms with Gasteiger partial charge in [0.15, 0.2) is 0 Å². The molecule has 2 unspecified atom stereocenters. The van der Waals surface area contributed by atoms with E-state index in [0.717, 1.165) is 0 Å². The van der Waals surface area contributed by atoms with Crippen molar-refractivity contribution in [3.63, 3.8) is 0 Å². The molecule has 1 aliphatic heterocycles. The van der Waals surface area contributed by atoms with Gasteiger partial charge in [-0.05, 0) is 6.92 Å². The third-order valence-corrected chi connectivity index (χ3v) is 2.31. The van der Waals surface area contributed by atoms with Crippen LogP contribution < -0.4 is 5.73 Å². The molecule has 0 bridgehead atoms. The van der Waals surface area contributed by atoms with Crippen LogP contribution in [0.5, 0.6) is 0 Å². The zero-order valence-electron chi connectivity index (χ0n) is 8.40. The molecule has 0 aromatic carbocycles. The number of hydrogen-bond acceptors (Lipinski definition) is 3. The lowest BCUT2D eigenvalue weighted by atomic mass is 10.1. The first-order valence-electron chi connectivity index (χ1n) is 4.74. The van der Waals surface area contributed by atoms with Crippen LogP contribution in [0.2, 0.25) is 0 Å². The largest absolute Gasteiger partial charge is 0.377 e. The zero-order chi connectivity index (χ0) is 10.6. The molecule has 78 valence electrons. The topological polar surface area (TPSA) is 55.6 Å². The minimum absolute atomic E-state index is 0.0706. The molecule has 1 amide bonds. The van der Waals surface area contributed by atoms with Gasteiger partial charge in [-0.15, -0.1) is 12.3 Å². The Hall–Kier alpha value is -1.05. The van der Waals surface area contributed by atoms with Gasteiger partial charge in [-0.1, -0.05) is 0 Å². The molecular formula is C10H16N2O2. The Morgan fingerprint density at radius 1 is 1.86 bits per heavy atom. The van der Waals surface area contributed by atoms with Crippen molar-refractivity contribution in [3.05, 3.63) is 0 Å². The first kappa shape index (κ1) is 11.0. The van der Waals surface area contributed by atoms with Gasteiger partial charge >= 0.3 is 0 Å².